The second kappa shape index (κ2) is 4.26. The normalized spacial score (nSPS) is 10.4. The zero-order valence-electron chi connectivity index (χ0n) is 9.47. The van der Waals surface area contributed by atoms with Crippen LogP contribution >= 0.6 is 0 Å². The quantitative estimate of drug-likeness (QED) is 0.799. The Balaban J connectivity index is 2.02. The Morgan fingerprint density at radius 2 is 2.00 bits per heavy atom. The molecule has 0 radical (unpaired) electrons. The van der Waals surface area contributed by atoms with Crippen LogP contribution in [0.5, 0.6) is 5.75 Å². The average Bonchev–Trinajstić information content (AvgIpc) is 2.57. The molecular formula is C12H15N3O. The van der Waals surface area contributed by atoms with Crippen LogP contribution in [-0.2, 0) is 13.7 Å². The van der Waals surface area contributed by atoms with E-state index in [-0.39, 0.29) is 0 Å². The molecule has 0 aliphatic carbocycles. The molecule has 2 rings (SSSR count). The number of hydrogen-bond acceptors (Lipinski definition) is 3. The molecule has 4 heteroatoms. The fourth-order valence-electron chi connectivity index (χ4n) is 1.52. The molecular weight excluding hydrogens is 202 g/mol. The molecule has 0 aliphatic rings. The molecule has 1 heterocycles. The van der Waals surface area contributed by atoms with E-state index < -0.39 is 0 Å². The summed E-state index contributed by atoms with van der Waals surface area (Å²) in [6, 6.07) is 7.37. The second-order valence-electron chi connectivity index (χ2n) is 3.77. The van der Waals surface area contributed by atoms with Crippen molar-refractivity contribution < 1.29 is 4.74 Å². The maximum atomic E-state index is 5.63. The van der Waals surface area contributed by atoms with Crippen LogP contribution in [0.3, 0.4) is 0 Å². The Hall–Kier alpha value is -1.97. The van der Waals surface area contributed by atoms with Gasteiger partial charge in [-0.3, -0.25) is 4.68 Å². The van der Waals surface area contributed by atoms with Gasteiger partial charge in [-0.25, -0.2) is 0 Å². The minimum atomic E-state index is 0.531. The highest BCUT2D eigenvalue weighted by Crippen LogP contribution is 2.15. The SMILES string of the molecule is Cc1nn(C)cc1COc1ccc(N)cc1. The van der Waals surface area contributed by atoms with Crippen LogP contribution in [0.2, 0.25) is 0 Å². The van der Waals surface area contributed by atoms with Gasteiger partial charge in [0.25, 0.3) is 0 Å². The highest BCUT2D eigenvalue weighted by atomic mass is 16.5. The van der Waals surface area contributed by atoms with E-state index in [0.717, 1.165) is 22.7 Å². The lowest BCUT2D eigenvalue weighted by Crippen LogP contribution is -1.96. The van der Waals surface area contributed by atoms with Gasteiger partial charge in [0.2, 0.25) is 0 Å². The molecule has 4 nitrogen and oxygen atoms in total. The summed E-state index contributed by atoms with van der Waals surface area (Å²) in [5.41, 5.74) is 8.43. The molecule has 0 saturated heterocycles. The van der Waals surface area contributed by atoms with Gasteiger partial charge in [-0.2, -0.15) is 5.10 Å². The van der Waals surface area contributed by atoms with Crippen LogP contribution in [-0.4, -0.2) is 9.78 Å². The van der Waals surface area contributed by atoms with Crippen molar-refractivity contribution >= 4 is 5.69 Å². The number of anilines is 1. The molecule has 0 fully saturated rings. The first kappa shape index (κ1) is 10.5. The van der Waals surface area contributed by atoms with Crippen molar-refractivity contribution in [3.63, 3.8) is 0 Å². The van der Waals surface area contributed by atoms with E-state index >= 15 is 0 Å². The standard InChI is InChI=1S/C12H15N3O/c1-9-10(7-15(2)14-9)8-16-12-5-3-11(13)4-6-12/h3-7H,8,13H2,1-2H3. The minimum absolute atomic E-state index is 0.531. The molecule has 0 amide bonds. The van der Waals surface area contributed by atoms with E-state index in [1.807, 2.05) is 44.4 Å². The molecule has 0 unspecified atom stereocenters. The summed E-state index contributed by atoms with van der Waals surface area (Å²) in [6.07, 6.45) is 1.96. The lowest BCUT2D eigenvalue weighted by Gasteiger charge is -2.05. The molecule has 2 N–H and O–H groups in total. The van der Waals surface area contributed by atoms with Crippen molar-refractivity contribution in [1.29, 1.82) is 0 Å². The Bertz CT molecular complexity index is 474. The summed E-state index contributed by atoms with van der Waals surface area (Å²) < 4.78 is 7.42. The van der Waals surface area contributed by atoms with E-state index in [0.29, 0.717) is 6.61 Å². The first-order chi connectivity index (χ1) is 7.65. The zero-order chi connectivity index (χ0) is 11.5. The lowest BCUT2D eigenvalue weighted by molar-refractivity contribution is 0.305. The van der Waals surface area contributed by atoms with Gasteiger partial charge in [0.1, 0.15) is 12.4 Å². The smallest absolute Gasteiger partial charge is 0.119 e. The van der Waals surface area contributed by atoms with Crippen molar-refractivity contribution in [3.8, 4) is 5.75 Å². The van der Waals surface area contributed by atoms with E-state index in [9.17, 15) is 0 Å². The minimum Gasteiger partial charge on any atom is -0.489 e. The van der Waals surface area contributed by atoms with Crippen LogP contribution in [0.1, 0.15) is 11.3 Å². The number of benzene rings is 1. The van der Waals surface area contributed by atoms with Crippen LogP contribution in [0, 0.1) is 6.92 Å². The second-order valence-corrected chi connectivity index (χ2v) is 3.77. The third kappa shape index (κ3) is 2.34. The Morgan fingerprint density at radius 1 is 1.31 bits per heavy atom. The zero-order valence-corrected chi connectivity index (χ0v) is 9.47. The van der Waals surface area contributed by atoms with Crippen molar-refractivity contribution in [2.24, 2.45) is 7.05 Å². The number of aromatic nitrogens is 2. The topological polar surface area (TPSA) is 53.1 Å². The fraction of sp³-hybridized carbons (Fsp3) is 0.250. The maximum absolute atomic E-state index is 5.63. The van der Waals surface area contributed by atoms with Crippen LogP contribution in [0.15, 0.2) is 30.5 Å². The third-order valence-corrected chi connectivity index (χ3v) is 2.39. The summed E-state index contributed by atoms with van der Waals surface area (Å²) in [5, 5.41) is 4.25. The predicted molar refractivity (Wildman–Crippen MR) is 63.1 cm³/mol. The van der Waals surface area contributed by atoms with Gasteiger partial charge in [0.05, 0.1) is 5.69 Å². The van der Waals surface area contributed by atoms with E-state index in [4.69, 9.17) is 10.5 Å². The Morgan fingerprint density at radius 3 is 2.56 bits per heavy atom. The number of ether oxygens (including phenoxy) is 1. The molecule has 1 aromatic carbocycles. The number of nitrogens with two attached hydrogens (primary N) is 1. The molecule has 16 heavy (non-hydrogen) atoms. The van der Waals surface area contributed by atoms with Crippen molar-refractivity contribution in [1.82, 2.24) is 9.78 Å². The monoisotopic (exact) mass is 217 g/mol. The number of nitrogen functional groups attached to an aromatic ring is 1. The van der Waals surface area contributed by atoms with Crippen LogP contribution < -0.4 is 10.5 Å². The molecule has 2 aromatic rings. The predicted octanol–water partition coefficient (Wildman–Crippen LogP) is 1.89. The number of aryl methyl sites for hydroxylation is 2. The number of hydrogen-bond donors (Lipinski definition) is 1. The van der Waals surface area contributed by atoms with Gasteiger partial charge >= 0.3 is 0 Å². The Kier molecular flexibility index (Phi) is 2.81. The fourth-order valence-corrected chi connectivity index (χ4v) is 1.52. The third-order valence-electron chi connectivity index (χ3n) is 2.39. The average molecular weight is 217 g/mol. The van der Waals surface area contributed by atoms with Gasteiger partial charge < -0.3 is 10.5 Å². The molecule has 1 aromatic heterocycles. The first-order valence-corrected chi connectivity index (χ1v) is 5.12. The summed E-state index contributed by atoms with van der Waals surface area (Å²) in [5.74, 6) is 0.817. The largest absolute Gasteiger partial charge is 0.489 e. The van der Waals surface area contributed by atoms with E-state index in [1.54, 1.807) is 4.68 Å². The Labute approximate surface area is 94.6 Å². The highest BCUT2D eigenvalue weighted by Gasteiger charge is 2.03. The maximum Gasteiger partial charge on any atom is 0.119 e. The molecule has 0 bridgehead atoms. The molecule has 0 atom stereocenters. The van der Waals surface area contributed by atoms with Gasteiger partial charge in [0.15, 0.2) is 0 Å². The lowest BCUT2D eigenvalue weighted by atomic mass is 10.3. The van der Waals surface area contributed by atoms with E-state index in [2.05, 4.69) is 5.10 Å². The molecule has 84 valence electrons. The summed E-state index contributed by atoms with van der Waals surface area (Å²) in [4.78, 5) is 0. The summed E-state index contributed by atoms with van der Waals surface area (Å²) >= 11 is 0. The van der Waals surface area contributed by atoms with E-state index in [1.165, 1.54) is 0 Å². The van der Waals surface area contributed by atoms with Gasteiger partial charge in [-0.15, -0.1) is 0 Å². The van der Waals surface area contributed by atoms with Gasteiger partial charge in [0, 0.05) is 24.5 Å². The van der Waals surface area contributed by atoms with Gasteiger partial charge in [-0.1, -0.05) is 0 Å². The van der Waals surface area contributed by atoms with Crippen LogP contribution in [0.4, 0.5) is 5.69 Å². The van der Waals surface area contributed by atoms with Crippen molar-refractivity contribution in [3.05, 3.63) is 41.7 Å². The van der Waals surface area contributed by atoms with Crippen LogP contribution in [0.25, 0.3) is 0 Å². The number of rotatable bonds is 3. The molecule has 0 saturated carbocycles. The molecule has 0 aliphatic heterocycles. The highest BCUT2D eigenvalue weighted by molar-refractivity contribution is 5.41. The first-order valence-electron chi connectivity index (χ1n) is 5.12. The number of nitrogens with zero attached hydrogens (tertiary/aromatic N) is 2. The molecule has 0 spiro atoms. The van der Waals surface area contributed by atoms with Gasteiger partial charge in [-0.05, 0) is 31.2 Å². The summed E-state index contributed by atoms with van der Waals surface area (Å²) in [6.45, 7) is 2.51. The van der Waals surface area contributed by atoms with Crippen molar-refractivity contribution in [2.45, 2.75) is 13.5 Å². The van der Waals surface area contributed by atoms with Crippen molar-refractivity contribution in [2.75, 3.05) is 5.73 Å². The summed E-state index contributed by atoms with van der Waals surface area (Å²) in [7, 11) is 1.90.